The van der Waals surface area contributed by atoms with Crippen LogP contribution in [0.15, 0.2) is 54.6 Å². The maximum atomic E-state index is 5.45. The minimum absolute atomic E-state index is 0.388. The SMILES string of the molecule is Cc1ccc([C@]2(C)NC(=S)N(c3ccccc3)N2)cc1. The van der Waals surface area contributed by atoms with E-state index in [0.717, 1.165) is 11.3 Å². The van der Waals surface area contributed by atoms with Crippen LogP contribution in [0.1, 0.15) is 18.1 Å². The van der Waals surface area contributed by atoms with Gasteiger partial charge in [0.2, 0.25) is 0 Å². The Labute approximate surface area is 124 Å². The van der Waals surface area contributed by atoms with E-state index in [-0.39, 0.29) is 5.66 Å². The van der Waals surface area contributed by atoms with E-state index in [0.29, 0.717) is 5.11 Å². The Morgan fingerprint density at radius 1 is 1.00 bits per heavy atom. The summed E-state index contributed by atoms with van der Waals surface area (Å²) in [7, 11) is 0. The van der Waals surface area contributed by atoms with E-state index in [2.05, 4.69) is 48.9 Å². The lowest BCUT2D eigenvalue weighted by Crippen LogP contribution is -2.45. The van der Waals surface area contributed by atoms with E-state index < -0.39 is 0 Å². The van der Waals surface area contributed by atoms with Gasteiger partial charge in [-0.3, -0.25) is 0 Å². The summed E-state index contributed by atoms with van der Waals surface area (Å²) in [6.07, 6.45) is 0. The number of anilines is 1. The number of hydrogen-bond donors (Lipinski definition) is 2. The van der Waals surface area contributed by atoms with Crippen molar-refractivity contribution < 1.29 is 0 Å². The largest absolute Gasteiger partial charge is 0.338 e. The van der Waals surface area contributed by atoms with Gasteiger partial charge in [-0.25, -0.2) is 5.01 Å². The van der Waals surface area contributed by atoms with Gasteiger partial charge in [-0.1, -0.05) is 48.0 Å². The van der Waals surface area contributed by atoms with Crippen molar-refractivity contribution in [2.45, 2.75) is 19.5 Å². The molecule has 0 radical (unpaired) electrons. The molecule has 2 aromatic carbocycles. The molecule has 0 saturated carbocycles. The number of benzene rings is 2. The minimum atomic E-state index is -0.388. The molecule has 0 aliphatic carbocycles. The number of rotatable bonds is 2. The van der Waals surface area contributed by atoms with Crippen LogP contribution in [0.2, 0.25) is 0 Å². The normalized spacial score (nSPS) is 21.9. The summed E-state index contributed by atoms with van der Waals surface area (Å²) >= 11 is 5.45. The van der Waals surface area contributed by atoms with Gasteiger partial charge in [-0.05, 0) is 43.8 Å². The molecule has 0 unspecified atom stereocenters. The van der Waals surface area contributed by atoms with Crippen LogP contribution in [0.25, 0.3) is 0 Å². The van der Waals surface area contributed by atoms with Crippen molar-refractivity contribution in [3.05, 3.63) is 65.7 Å². The molecule has 2 aromatic rings. The molecule has 0 amide bonds. The number of hydrogen-bond acceptors (Lipinski definition) is 2. The Kier molecular flexibility index (Phi) is 3.20. The Morgan fingerprint density at radius 3 is 2.30 bits per heavy atom. The molecular weight excluding hydrogens is 266 g/mol. The Hall–Kier alpha value is -1.91. The monoisotopic (exact) mass is 283 g/mol. The average molecular weight is 283 g/mol. The van der Waals surface area contributed by atoms with Gasteiger partial charge in [-0.2, -0.15) is 5.43 Å². The Balaban J connectivity index is 1.91. The second-order valence-corrected chi connectivity index (χ2v) is 5.59. The molecule has 4 heteroatoms. The molecule has 102 valence electrons. The van der Waals surface area contributed by atoms with Crippen molar-refractivity contribution in [1.29, 1.82) is 0 Å². The lowest BCUT2D eigenvalue weighted by atomic mass is 10.0. The predicted octanol–water partition coefficient (Wildman–Crippen LogP) is 3.07. The summed E-state index contributed by atoms with van der Waals surface area (Å²) in [4.78, 5) is 0. The summed E-state index contributed by atoms with van der Waals surface area (Å²) in [5.41, 5.74) is 6.49. The molecule has 1 aliphatic rings. The number of nitrogens with zero attached hydrogens (tertiary/aromatic N) is 1. The van der Waals surface area contributed by atoms with Crippen molar-refractivity contribution in [3.8, 4) is 0 Å². The van der Waals surface area contributed by atoms with Crippen molar-refractivity contribution in [2.75, 3.05) is 5.01 Å². The highest BCUT2D eigenvalue weighted by molar-refractivity contribution is 7.80. The first-order chi connectivity index (χ1) is 9.58. The van der Waals surface area contributed by atoms with E-state index in [9.17, 15) is 0 Å². The fraction of sp³-hybridized carbons (Fsp3) is 0.188. The van der Waals surface area contributed by atoms with Crippen molar-refractivity contribution in [1.82, 2.24) is 10.7 Å². The number of thiocarbonyl (C=S) groups is 1. The van der Waals surface area contributed by atoms with Crippen LogP contribution < -0.4 is 15.8 Å². The van der Waals surface area contributed by atoms with E-state index in [4.69, 9.17) is 12.2 Å². The van der Waals surface area contributed by atoms with Crippen LogP contribution in [0.4, 0.5) is 5.69 Å². The van der Waals surface area contributed by atoms with E-state index in [1.165, 1.54) is 5.56 Å². The highest BCUT2D eigenvalue weighted by Gasteiger charge is 2.37. The zero-order valence-electron chi connectivity index (χ0n) is 11.6. The number of nitrogens with one attached hydrogen (secondary N) is 2. The molecule has 1 heterocycles. The smallest absolute Gasteiger partial charge is 0.190 e. The molecule has 2 N–H and O–H groups in total. The molecule has 1 saturated heterocycles. The molecule has 0 aromatic heterocycles. The maximum absolute atomic E-state index is 5.45. The second-order valence-electron chi connectivity index (χ2n) is 5.20. The van der Waals surface area contributed by atoms with Gasteiger partial charge in [-0.15, -0.1) is 0 Å². The highest BCUT2D eigenvalue weighted by atomic mass is 32.1. The number of para-hydroxylation sites is 1. The quantitative estimate of drug-likeness (QED) is 0.828. The van der Waals surface area contributed by atoms with Crippen LogP contribution in [-0.2, 0) is 5.66 Å². The zero-order valence-corrected chi connectivity index (χ0v) is 12.4. The molecule has 0 spiro atoms. The maximum Gasteiger partial charge on any atom is 0.190 e. The van der Waals surface area contributed by atoms with Crippen LogP contribution in [-0.4, -0.2) is 5.11 Å². The first-order valence-corrected chi connectivity index (χ1v) is 7.02. The fourth-order valence-corrected chi connectivity index (χ4v) is 2.71. The summed E-state index contributed by atoms with van der Waals surface area (Å²) in [5, 5.41) is 5.95. The molecule has 1 atom stereocenters. The summed E-state index contributed by atoms with van der Waals surface area (Å²) in [6, 6.07) is 18.5. The van der Waals surface area contributed by atoms with Crippen LogP contribution in [0, 0.1) is 6.92 Å². The third-order valence-electron chi connectivity index (χ3n) is 3.54. The molecule has 3 nitrogen and oxygen atoms in total. The molecular formula is C16H17N3S. The van der Waals surface area contributed by atoms with Gasteiger partial charge in [0, 0.05) is 0 Å². The van der Waals surface area contributed by atoms with Gasteiger partial charge in [0.15, 0.2) is 5.11 Å². The van der Waals surface area contributed by atoms with Gasteiger partial charge in [0.25, 0.3) is 0 Å². The molecule has 1 fully saturated rings. The van der Waals surface area contributed by atoms with Crippen LogP contribution in [0.3, 0.4) is 0 Å². The standard InChI is InChI=1S/C16H17N3S/c1-12-8-10-13(11-9-12)16(2)17-15(20)19(18-16)14-6-4-3-5-7-14/h3-11,18H,1-2H3,(H,17,20)/t16-/m1/s1. The van der Waals surface area contributed by atoms with E-state index >= 15 is 0 Å². The molecule has 3 rings (SSSR count). The van der Waals surface area contributed by atoms with Crippen molar-refractivity contribution in [2.24, 2.45) is 0 Å². The third-order valence-corrected chi connectivity index (χ3v) is 3.82. The Morgan fingerprint density at radius 2 is 1.65 bits per heavy atom. The lowest BCUT2D eigenvalue weighted by Gasteiger charge is -2.26. The van der Waals surface area contributed by atoms with Crippen molar-refractivity contribution >= 4 is 23.0 Å². The summed E-state index contributed by atoms with van der Waals surface area (Å²) in [6.45, 7) is 4.18. The van der Waals surface area contributed by atoms with Gasteiger partial charge in [0.1, 0.15) is 5.66 Å². The highest BCUT2D eigenvalue weighted by Crippen LogP contribution is 2.26. The third kappa shape index (κ3) is 2.28. The average Bonchev–Trinajstić information content (AvgIpc) is 2.77. The number of aryl methyl sites for hydroxylation is 1. The van der Waals surface area contributed by atoms with Gasteiger partial charge in [0.05, 0.1) is 5.69 Å². The zero-order chi connectivity index (χ0) is 14.2. The lowest BCUT2D eigenvalue weighted by molar-refractivity contribution is 0.389. The van der Waals surface area contributed by atoms with Crippen LogP contribution in [0.5, 0.6) is 0 Å². The van der Waals surface area contributed by atoms with Gasteiger partial charge < -0.3 is 5.32 Å². The van der Waals surface area contributed by atoms with E-state index in [1.807, 2.05) is 35.3 Å². The topological polar surface area (TPSA) is 27.3 Å². The van der Waals surface area contributed by atoms with Crippen molar-refractivity contribution in [3.63, 3.8) is 0 Å². The first kappa shape index (κ1) is 13.1. The van der Waals surface area contributed by atoms with Gasteiger partial charge >= 0.3 is 0 Å². The summed E-state index contributed by atoms with van der Waals surface area (Å²) < 4.78 is 0. The molecule has 20 heavy (non-hydrogen) atoms. The van der Waals surface area contributed by atoms with Crippen LogP contribution >= 0.6 is 12.2 Å². The fourth-order valence-electron chi connectivity index (χ4n) is 2.35. The predicted molar refractivity (Wildman–Crippen MR) is 86.3 cm³/mol. The minimum Gasteiger partial charge on any atom is -0.338 e. The summed E-state index contributed by atoms with van der Waals surface area (Å²) in [5.74, 6) is 0. The number of hydrazine groups is 1. The van der Waals surface area contributed by atoms with E-state index in [1.54, 1.807) is 0 Å². The molecule has 1 aliphatic heterocycles. The first-order valence-electron chi connectivity index (χ1n) is 6.61. The molecule has 0 bridgehead atoms. The second kappa shape index (κ2) is 4.89. The Bertz CT molecular complexity index is 624.